The number of nitrogens with one attached hydrogen (secondary N) is 1. The largest absolute Gasteiger partial charge is 0.350 e. The first-order valence-corrected chi connectivity index (χ1v) is 15.4. The molecule has 10 heteroatoms. The van der Waals surface area contributed by atoms with E-state index < -0.39 is 34.1 Å². The molecule has 39 heavy (non-hydrogen) atoms. The molecule has 3 aromatic carbocycles. The molecule has 0 aliphatic carbocycles. The highest BCUT2D eigenvalue weighted by atomic mass is 79.9. The molecule has 3 aromatic rings. The van der Waals surface area contributed by atoms with Crippen LogP contribution in [0.1, 0.15) is 31.9 Å². The van der Waals surface area contributed by atoms with Gasteiger partial charge in [0.1, 0.15) is 12.6 Å². The van der Waals surface area contributed by atoms with Crippen molar-refractivity contribution in [1.82, 2.24) is 10.2 Å². The molecular weight excluding hydrogens is 602 g/mol. The number of halogens is 2. The van der Waals surface area contributed by atoms with Crippen molar-refractivity contribution in [3.63, 3.8) is 0 Å². The van der Waals surface area contributed by atoms with Crippen molar-refractivity contribution in [3.05, 3.63) is 99.5 Å². The molecule has 0 bridgehead atoms. The number of nitrogens with zero attached hydrogens (tertiary/aromatic N) is 2. The summed E-state index contributed by atoms with van der Waals surface area (Å²) < 4.78 is 27.4. The Balaban J connectivity index is 2.09. The van der Waals surface area contributed by atoms with Gasteiger partial charge < -0.3 is 10.2 Å². The van der Waals surface area contributed by atoms with Crippen molar-refractivity contribution in [1.29, 1.82) is 0 Å². The van der Waals surface area contributed by atoms with Crippen LogP contribution in [0, 0.1) is 0 Å². The van der Waals surface area contributed by atoms with Crippen LogP contribution in [0.25, 0.3) is 0 Å². The van der Waals surface area contributed by atoms with Crippen LogP contribution in [0.3, 0.4) is 0 Å². The zero-order valence-electron chi connectivity index (χ0n) is 22.4. The number of rotatable bonds is 10. The molecule has 0 heterocycles. The van der Waals surface area contributed by atoms with E-state index in [0.29, 0.717) is 20.7 Å². The number of hydrogen-bond donors (Lipinski definition) is 1. The van der Waals surface area contributed by atoms with Crippen molar-refractivity contribution in [3.8, 4) is 0 Å². The van der Waals surface area contributed by atoms with Crippen LogP contribution in [-0.2, 0) is 32.6 Å². The van der Waals surface area contributed by atoms with Crippen LogP contribution in [0.15, 0.2) is 83.3 Å². The quantitative estimate of drug-likeness (QED) is 0.323. The smallest absolute Gasteiger partial charge is 0.244 e. The maximum Gasteiger partial charge on any atom is 0.244 e. The summed E-state index contributed by atoms with van der Waals surface area (Å²) in [5.74, 6) is -0.884. The van der Waals surface area contributed by atoms with Crippen LogP contribution in [0.5, 0.6) is 0 Å². The van der Waals surface area contributed by atoms with E-state index in [4.69, 9.17) is 11.6 Å². The van der Waals surface area contributed by atoms with Gasteiger partial charge in [0, 0.05) is 28.0 Å². The normalized spacial score (nSPS) is 12.5. The van der Waals surface area contributed by atoms with E-state index in [1.54, 1.807) is 48.5 Å². The lowest BCUT2D eigenvalue weighted by atomic mass is 10.0. The summed E-state index contributed by atoms with van der Waals surface area (Å²) in [7, 11) is -3.84. The minimum atomic E-state index is -3.84. The maximum absolute atomic E-state index is 14.1. The fourth-order valence-electron chi connectivity index (χ4n) is 4.06. The molecule has 0 radical (unpaired) electrons. The molecule has 3 rings (SSSR count). The Kier molecular flexibility index (Phi) is 10.2. The lowest BCUT2D eigenvalue weighted by Crippen LogP contribution is -2.56. The summed E-state index contributed by atoms with van der Waals surface area (Å²) >= 11 is 9.83. The van der Waals surface area contributed by atoms with Crippen molar-refractivity contribution in [2.75, 3.05) is 17.1 Å². The molecule has 7 nitrogen and oxygen atoms in total. The summed E-state index contributed by atoms with van der Waals surface area (Å²) in [6, 6.07) is 22.2. The summed E-state index contributed by atoms with van der Waals surface area (Å²) in [6.07, 6.45) is 1.28. The zero-order valence-corrected chi connectivity index (χ0v) is 25.6. The second-order valence-corrected chi connectivity index (χ2v) is 13.5. The minimum absolute atomic E-state index is 0.0175. The average molecular weight is 635 g/mol. The number of sulfonamides is 1. The highest BCUT2D eigenvalue weighted by Gasteiger charge is 2.34. The molecule has 0 saturated carbocycles. The Bertz CT molecular complexity index is 1410. The van der Waals surface area contributed by atoms with E-state index in [2.05, 4.69) is 21.2 Å². The van der Waals surface area contributed by atoms with Gasteiger partial charge in [-0.15, -0.1) is 0 Å². The first-order chi connectivity index (χ1) is 18.2. The molecule has 2 amide bonds. The van der Waals surface area contributed by atoms with Crippen LogP contribution in [0.4, 0.5) is 5.69 Å². The van der Waals surface area contributed by atoms with E-state index in [0.717, 1.165) is 16.1 Å². The van der Waals surface area contributed by atoms with Crippen molar-refractivity contribution in [2.45, 2.75) is 45.3 Å². The zero-order chi connectivity index (χ0) is 28.8. The molecule has 208 valence electrons. The van der Waals surface area contributed by atoms with Gasteiger partial charge in [-0.3, -0.25) is 13.9 Å². The maximum atomic E-state index is 14.1. The third kappa shape index (κ3) is 9.08. The molecule has 1 atom stereocenters. The van der Waals surface area contributed by atoms with Gasteiger partial charge >= 0.3 is 0 Å². The third-order valence-electron chi connectivity index (χ3n) is 5.84. The lowest BCUT2D eigenvalue weighted by molar-refractivity contribution is -0.140. The minimum Gasteiger partial charge on any atom is -0.350 e. The van der Waals surface area contributed by atoms with E-state index >= 15 is 0 Å². The van der Waals surface area contributed by atoms with Crippen molar-refractivity contribution < 1.29 is 18.0 Å². The van der Waals surface area contributed by atoms with Gasteiger partial charge in [0.2, 0.25) is 21.8 Å². The summed E-state index contributed by atoms with van der Waals surface area (Å²) in [5, 5.41) is 3.44. The Morgan fingerprint density at radius 3 is 2.21 bits per heavy atom. The first-order valence-electron chi connectivity index (χ1n) is 12.4. The summed E-state index contributed by atoms with van der Waals surface area (Å²) in [4.78, 5) is 29.2. The number of carbonyl (C=O) groups excluding carboxylic acids is 2. The summed E-state index contributed by atoms with van der Waals surface area (Å²) in [5.41, 5.74) is 1.27. The van der Waals surface area contributed by atoms with Crippen molar-refractivity contribution >= 4 is 55.1 Å². The molecule has 0 aliphatic heterocycles. The van der Waals surface area contributed by atoms with E-state index in [-0.39, 0.29) is 18.9 Å². The Labute approximate surface area is 244 Å². The lowest BCUT2D eigenvalue weighted by Gasteiger charge is -2.35. The standard InChI is InChI=1S/C29H33BrClN3O4S/c1-29(2,3)32-28(36)26(17-21-11-6-5-7-12-21)33(19-22-13-8-9-16-25(22)31)27(35)20-34(39(4,37)38)24-15-10-14-23(30)18-24/h5-16,18,26H,17,19-20H2,1-4H3,(H,32,36)/t26-/m1/s1. The van der Waals surface area contributed by atoms with E-state index in [1.165, 1.54) is 4.90 Å². The predicted octanol–water partition coefficient (Wildman–Crippen LogP) is 5.42. The Morgan fingerprint density at radius 2 is 1.62 bits per heavy atom. The van der Waals surface area contributed by atoms with Crippen molar-refractivity contribution in [2.24, 2.45) is 0 Å². The van der Waals surface area contributed by atoms with Crippen LogP contribution >= 0.6 is 27.5 Å². The van der Waals surface area contributed by atoms with Gasteiger partial charge in [-0.1, -0.05) is 82.1 Å². The van der Waals surface area contributed by atoms with E-state index in [1.807, 2.05) is 51.1 Å². The molecule has 1 N–H and O–H groups in total. The predicted molar refractivity (Wildman–Crippen MR) is 160 cm³/mol. The van der Waals surface area contributed by atoms with E-state index in [9.17, 15) is 18.0 Å². The Morgan fingerprint density at radius 1 is 0.974 bits per heavy atom. The van der Waals surface area contributed by atoms with Gasteiger partial charge in [-0.25, -0.2) is 8.42 Å². The molecular formula is C29H33BrClN3O4S. The van der Waals surface area contributed by atoms with Gasteiger partial charge in [0.15, 0.2) is 0 Å². The number of anilines is 1. The fraction of sp³-hybridized carbons (Fsp3) is 0.310. The second-order valence-electron chi connectivity index (χ2n) is 10.3. The van der Waals surface area contributed by atoms with Gasteiger partial charge in [0.25, 0.3) is 0 Å². The third-order valence-corrected chi connectivity index (χ3v) is 7.85. The fourth-order valence-corrected chi connectivity index (χ4v) is 5.49. The number of benzene rings is 3. The first kappa shape index (κ1) is 30.7. The summed E-state index contributed by atoms with van der Waals surface area (Å²) in [6.45, 7) is 5.12. The number of amides is 2. The molecule has 0 aromatic heterocycles. The topological polar surface area (TPSA) is 86.8 Å². The van der Waals surface area contributed by atoms with Gasteiger partial charge in [-0.2, -0.15) is 0 Å². The van der Waals surface area contributed by atoms with Gasteiger partial charge in [0.05, 0.1) is 11.9 Å². The SMILES string of the molecule is CC(C)(C)NC(=O)[C@@H](Cc1ccccc1)N(Cc1ccccc1Cl)C(=O)CN(c1cccc(Br)c1)S(C)(=O)=O. The molecule has 0 unspecified atom stereocenters. The second kappa shape index (κ2) is 13.0. The van der Waals surface area contributed by atoms with Crippen LogP contribution < -0.4 is 9.62 Å². The molecule has 0 spiro atoms. The number of hydrogen-bond acceptors (Lipinski definition) is 4. The van der Waals surface area contributed by atoms with Gasteiger partial charge in [-0.05, 0) is 56.2 Å². The number of carbonyl (C=O) groups is 2. The Hall–Kier alpha value is -2.88. The molecule has 0 fully saturated rings. The highest BCUT2D eigenvalue weighted by molar-refractivity contribution is 9.10. The van der Waals surface area contributed by atoms with Crippen LogP contribution in [-0.4, -0.2) is 49.5 Å². The average Bonchev–Trinajstić information content (AvgIpc) is 2.84. The monoisotopic (exact) mass is 633 g/mol. The van der Waals surface area contributed by atoms with Crippen LogP contribution in [0.2, 0.25) is 5.02 Å². The molecule has 0 aliphatic rings. The molecule has 0 saturated heterocycles. The highest BCUT2D eigenvalue weighted by Crippen LogP contribution is 2.25.